The minimum absolute atomic E-state index is 0.148. The number of amides is 1. The minimum Gasteiger partial charge on any atom is -0.497 e. The molecule has 0 spiro atoms. The van der Waals surface area contributed by atoms with E-state index < -0.39 is 16.1 Å². The molecule has 0 radical (unpaired) electrons. The van der Waals surface area contributed by atoms with Crippen molar-refractivity contribution < 1.29 is 17.9 Å². The van der Waals surface area contributed by atoms with E-state index in [-0.39, 0.29) is 10.8 Å². The summed E-state index contributed by atoms with van der Waals surface area (Å²) in [6.07, 6.45) is 1.83. The highest BCUT2D eigenvalue weighted by Gasteiger charge is 2.39. The van der Waals surface area contributed by atoms with Crippen LogP contribution in [-0.4, -0.2) is 44.9 Å². The molecule has 3 rings (SSSR count). The molecule has 2 aromatic rings. The number of methoxy groups -OCH3 is 1. The normalized spacial score (nSPS) is 17.4. The molecule has 1 heterocycles. The molecule has 1 saturated heterocycles. The molecular formula is C20H23ClN2O4S. The Hall–Kier alpha value is -2.09. The van der Waals surface area contributed by atoms with Crippen LogP contribution in [0, 0.1) is 0 Å². The van der Waals surface area contributed by atoms with E-state index in [0.717, 1.165) is 11.3 Å². The lowest BCUT2D eigenvalue weighted by Gasteiger charge is -2.23. The zero-order valence-corrected chi connectivity index (χ0v) is 17.2. The SMILES string of the molecule is COc1ccc(CCNC(=O)C2CCCN2S(=O)(=O)c2ccc(Cl)cc2)cc1. The van der Waals surface area contributed by atoms with E-state index >= 15 is 0 Å². The zero-order valence-electron chi connectivity index (χ0n) is 15.6. The molecule has 1 aliphatic heterocycles. The Morgan fingerprint density at radius 1 is 1.18 bits per heavy atom. The van der Waals surface area contributed by atoms with Crippen LogP contribution in [0.15, 0.2) is 53.4 Å². The van der Waals surface area contributed by atoms with Crippen LogP contribution in [0.2, 0.25) is 5.02 Å². The van der Waals surface area contributed by atoms with Gasteiger partial charge in [-0.1, -0.05) is 23.7 Å². The lowest BCUT2D eigenvalue weighted by molar-refractivity contribution is -0.124. The van der Waals surface area contributed by atoms with Crippen LogP contribution in [0.4, 0.5) is 0 Å². The maximum Gasteiger partial charge on any atom is 0.243 e. The molecule has 28 heavy (non-hydrogen) atoms. The lowest BCUT2D eigenvalue weighted by atomic mass is 10.1. The number of hydrogen-bond donors (Lipinski definition) is 1. The minimum atomic E-state index is -3.73. The number of nitrogens with one attached hydrogen (secondary N) is 1. The highest BCUT2D eigenvalue weighted by atomic mass is 35.5. The van der Waals surface area contributed by atoms with Gasteiger partial charge in [0.15, 0.2) is 0 Å². The highest BCUT2D eigenvalue weighted by molar-refractivity contribution is 7.89. The zero-order chi connectivity index (χ0) is 20.1. The van der Waals surface area contributed by atoms with E-state index in [4.69, 9.17) is 16.3 Å². The van der Waals surface area contributed by atoms with Gasteiger partial charge in [-0.3, -0.25) is 4.79 Å². The van der Waals surface area contributed by atoms with Crippen LogP contribution in [0.1, 0.15) is 18.4 Å². The molecule has 1 unspecified atom stereocenters. The summed E-state index contributed by atoms with van der Waals surface area (Å²) in [5.41, 5.74) is 1.07. The van der Waals surface area contributed by atoms with Gasteiger partial charge in [-0.15, -0.1) is 0 Å². The van der Waals surface area contributed by atoms with Gasteiger partial charge in [-0.2, -0.15) is 4.31 Å². The van der Waals surface area contributed by atoms with Crippen molar-refractivity contribution in [1.29, 1.82) is 0 Å². The maximum absolute atomic E-state index is 12.9. The summed E-state index contributed by atoms with van der Waals surface area (Å²) >= 11 is 5.85. The average molecular weight is 423 g/mol. The molecule has 1 fully saturated rings. The number of sulfonamides is 1. The number of benzene rings is 2. The van der Waals surface area contributed by atoms with Crippen molar-refractivity contribution in [2.24, 2.45) is 0 Å². The Kier molecular flexibility index (Phi) is 6.59. The molecule has 1 N–H and O–H groups in total. The first-order valence-electron chi connectivity index (χ1n) is 9.10. The van der Waals surface area contributed by atoms with Gasteiger partial charge in [0.25, 0.3) is 0 Å². The van der Waals surface area contributed by atoms with Crippen molar-refractivity contribution in [2.45, 2.75) is 30.2 Å². The fourth-order valence-corrected chi connectivity index (χ4v) is 5.05. The summed E-state index contributed by atoms with van der Waals surface area (Å²) in [7, 11) is -2.12. The largest absolute Gasteiger partial charge is 0.497 e. The predicted octanol–water partition coefficient (Wildman–Crippen LogP) is 2.86. The standard InChI is InChI=1S/C20H23ClN2O4S/c1-27-17-8-4-15(5-9-17)12-13-22-20(24)19-3-2-14-23(19)28(25,26)18-10-6-16(21)7-11-18/h4-11,19H,2-3,12-14H2,1H3,(H,22,24). The summed E-state index contributed by atoms with van der Waals surface area (Å²) in [4.78, 5) is 12.8. The number of carbonyl (C=O) groups excluding carboxylic acids is 1. The summed E-state index contributed by atoms with van der Waals surface area (Å²) in [6, 6.07) is 12.9. The molecule has 1 atom stereocenters. The summed E-state index contributed by atoms with van der Waals surface area (Å²) in [5, 5.41) is 3.33. The number of carbonyl (C=O) groups is 1. The molecule has 150 valence electrons. The molecule has 1 aliphatic rings. The van der Waals surface area contributed by atoms with Crippen LogP contribution in [0.25, 0.3) is 0 Å². The van der Waals surface area contributed by atoms with E-state index in [2.05, 4.69) is 5.32 Å². The van der Waals surface area contributed by atoms with Crippen LogP contribution in [0.5, 0.6) is 5.75 Å². The molecular weight excluding hydrogens is 400 g/mol. The third-order valence-corrected chi connectivity index (χ3v) is 6.97. The van der Waals surface area contributed by atoms with Crippen molar-refractivity contribution in [3.63, 3.8) is 0 Å². The number of nitrogens with zero attached hydrogens (tertiary/aromatic N) is 1. The quantitative estimate of drug-likeness (QED) is 0.744. The van der Waals surface area contributed by atoms with Crippen molar-refractivity contribution in [3.8, 4) is 5.75 Å². The molecule has 1 amide bonds. The first-order valence-corrected chi connectivity index (χ1v) is 10.9. The molecule has 0 bridgehead atoms. The van der Waals surface area contributed by atoms with E-state index in [0.29, 0.717) is 37.4 Å². The topological polar surface area (TPSA) is 75.7 Å². The second-order valence-corrected chi connectivity index (χ2v) is 8.94. The van der Waals surface area contributed by atoms with Gasteiger partial charge in [0.05, 0.1) is 12.0 Å². The molecule has 0 aliphatic carbocycles. The Morgan fingerprint density at radius 2 is 1.86 bits per heavy atom. The number of rotatable bonds is 7. The smallest absolute Gasteiger partial charge is 0.243 e. The van der Waals surface area contributed by atoms with E-state index in [1.165, 1.54) is 28.6 Å². The van der Waals surface area contributed by atoms with E-state index in [9.17, 15) is 13.2 Å². The van der Waals surface area contributed by atoms with Gasteiger partial charge < -0.3 is 10.1 Å². The Bertz CT molecular complexity index is 914. The Labute approximate surface area is 170 Å². The summed E-state index contributed by atoms with van der Waals surface area (Å²) < 4.78 is 32.2. The molecule has 6 nitrogen and oxygen atoms in total. The van der Waals surface area contributed by atoms with Crippen molar-refractivity contribution >= 4 is 27.5 Å². The first kappa shape index (κ1) is 20.6. The third kappa shape index (κ3) is 4.66. The van der Waals surface area contributed by atoms with Gasteiger partial charge >= 0.3 is 0 Å². The van der Waals surface area contributed by atoms with Gasteiger partial charge in [-0.25, -0.2) is 8.42 Å². The Morgan fingerprint density at radius 3 is 2.50 bits per heavy atom. The van der Waals surface area contributed by atoms with Gasteiger partial charge in [0.1, 0.15) is 11.8 Å². The Balaban J connectivity index is 1.61. The van der Waals surface area contributed by atoms with Crippen LogP contribution in [-0.2, 0) is 21.2 Å². The number of ether oxygens (including phenoxy) is 1. The van der Waals surface area contributed by atoms with Crippen LogP contribution >= 0.6 is 11.6 Å². The van der Waals surface area contributed by atoms with Gasteiger partial charge in [-0.05, 0) is 61.2 Å². The molecule has 0 aromatic heterocycles. The fraction of sp³-hybridized carbons (Fsp3) is 0.350. The fourth-order valence-electron chi connectivity index (χ4n) is 3.27. The summed E-state index contributed by atoms with van der Waals surface area (Å²) in [5.74, 6) is 0.519. The number of halogens is 1. The van der Waals surface area contributed by atoms with E-state index in [1.807, 2.05) is 24.3 Å². The van der Waals surface area contributed by atoms with Crippen molar-refractivity contribution in [1.82, 2.24) is 9.62 Å². The van der Waals surface area contributed by atoms with Crippen LogP contribution < -0.4 is 10.1 Å². The first-order chi connectivity index (χ1) is 13.4. The van der Waals surface area contributed by atoms with Crippen molar-refractivity contribution in [3.05, 3.63) is 59.1 Å². The predicted molar refractivity (Wildman–Crippen MR) is 108 cm³/mol. The van der Waals surface area contributed by atoms with E-state index in [1.54, 1.807) is 7.11 Å². The van der Waals surface area contributed by atoms with Crippen molar-refractivity contribution in [2.75, 3.05) is 20.2 Å². The third-order valence-electron chi connectivity index (χ3n) is 4.80. The van der Waals surface area contributed by atoms with Gasteiger partial charge in [0.2, 0.25) is 15.9 Å². The lowest BCUT2D eigenvalue weighted by Crippen LogP contribution is -2.46. The highest BCUT2D eigenvalue weighted by Crippen LogP contribution is 2.27. The molecule has 2 aromatic carbocycles. The summed E-state index contributed by atoms with van der Waals surface area (Å²) in [6.45, 7) is 0.776. The van der Waals surface area contributed by atoms with Gasteiger partial charge in [0, 0.05) is 18.1 Å². The second kappa shape index (κ2) is 8.94. The molecule has 8 heteroatoms. The number of hydrogen-bond acceptors (Lipinski definition) is 4. The second-order valence-electron chi connectivity index (χ2n) is 6.62. The average Bonchev–Trinajstić information content (AvgIpc) is 3.20. The molecule has 0 saturated carbocycles. The van der Waals surface area contributed by atoms with Crippen LogP contribution in [0.3, 0.4) is 0 Å². The monoisotopic (exact) mass is 422 g/mol. The maximum atomic E-state index is 12.9.